The van der Waals surface area contributed by atoms with Crippen LogP contribution in [0, 0.1) is 0 Å². The van der Waals surface area contributed by atoms with Gasteiger partial charge in [0.15, 0.2) is 0 Å². The molecule has 1 aliphatic carbocycles. The van der Waals surface area contributed by atoms with E-state index in [9.17, 15) is 18.4 Å². The highest BCUT2D eigenvalue weighted by molar-refractivity contribution is 5.82. The number of hydrogen-bond acceptors (Lipinski definition) is 2. The molecular formula is C22H22F2N2O2. The number of hydrogen-bond donors (Lipinski definition) is 2. The lowest BCUT2D eigenvalue weighted by Crippen LogP contribution is -2.23. The molecule has 2 aliphatic rings. The maximum atomic E-state index is 13.6. The number of aromatic nitrogens is 1. The molecule has 2 heterocycles. The number of aromatic amines is 1. The molecule has 1 aliphatic heterocycles. The van der Waals surface area contributed by atoms with Crippen LogP contribution in [0.4, 0.5) is 8.78 Å². The minimum atomic E-state index is -2.91. The second-order valence-electron chi connectivity index (χ2n) is 7.69. The molecular weight excluding hydrogens is 362 g/mol. The third-order valence-electron chi connectivity index (χ3n) is 5.35. The van der Waals surface area contributed by atoms with Gasteiger partial charge < -0.3 is 10.3 Å². The van der Waals surface area contributed by atoms with Crippen molar-refractivity contribution in [3.05, 3.63) is 75.2 Å². The second kappa shape index (κ2) is 7.00. The Morgan fingerprint density at radius 2 is 1.79 bits per heavy atom. The van der Waals surface area contributed by atoms with Crippen LogP contribution < -0.4 is 10.9 Å². The third-order valence-corrected chi connectivity index (χ3v) is 5.35. The van der Waals surface area contributed by atoms with Crippen molar-refractivity contribution in [1.29, 1.82) is 0 Å². The van der Waals surface area contributed by atoms with Gasteiger partial charge in [-0.15, -0.1) is 0 Å². The number of halogens is 2. The van der Waals surface area contributed by atoms with Crippen LogP contribution in [0.1, 0.15) is 60.9 Å². The van der Waals surface area contributed by atoms with E-state index in [2.05, 4.69) is 10.3 Å². The molecule has 1 amide bonds. The SMILES string of the molecule is CC(F)(F)c1ccc(/C(=C\C2CCC(=O)N2)c2ccc(C3CC3)c(=O)[nH]2)cc1. The van der Waals surface area contributed by atoms with Gasteiger partial charge in [-0.25, -0.2) is 8.78 Å². The Morgan fingerprint density at radius 1 is 1.07 bits per heavy atom. The fourth-order valence-electron chi connectivity index (χ4n) is 3.61. The number of rotatable bonds is 5. The first-order chi connectivity index (χ1) is 13.3. The summed E-state index contributed by atoms with van der Waals surface area (Å²) in [6.07, 6.45) is 5.08. The predicted octanol–water partition coefficient (Wildman–Crippen LogP) is 4.07. The van der Waals surface area contributed by atoms with Gasteiger partial charge >= 0.3 is 0 Å². The predicted molar refractivity (Wildman–Crippen MR) is 103 cm³/mol. The fraction of sp³-hybridized carbons (Fsp3) is 0.364. The largest absolute Gasteiger partial charge is 0.350 e. The van der Waals surface area contributed by atoms with Crippen LogP contribution in [0.25, 0.3) is 5.57 Å². The number of nitrogens with one attached hydrogen (secondary N) is 2. The molecule has 6 heteroatoms. The molecule has 2 fully saturated rings. The topological polar surface area (TPSA) is 62.0 Å². The molecule has 0 radical (unpaired) electrons. The minimum Gasteiger partial charge on any atom is -0.350 e. The lowest BCUT2D eigenvalue weighted by atomic mass is 9.96. The monoisotopic (exact) mass is 384 g/mol. The van der Waals surface area contributed by atoms with Gasteiger partial charge in [-0.05, 0) is 36.8 Å². The van der Waals surface area contributed by atoms with Gasteiger partial charge in [0.1, 0.15) is 0 Å². The molecule has 1 saturated heterocycles. The number of alkyl halides is 2. The summed E-state index contributed by atoms with van der Waals surface area (Å²) in [7, 11) is 0. The Balaban J connectivity index is 1.74. The van der Waals surface area contributed by atoms with E-state index in [1.807, 2.05) is 18.2 Å². The van der Waals surface area contributed by atoms with Crippen molar-refractivity contribution in [2.45, 2.75) is 50.5 Å². The number of carbonyl (C=O) groups is 1. The van der Waals surface area contributed by atoms with Crippen molar-refractivity contribution in [3.63, 3.8) is 0 Å². The quantitative estimate of drug-likeness (QED) is 0.816. The van der Waals surface area contributed by atoms with Crippen molar-refractivity contribution in [2.75, 3.05) is 0 Å². The smallest absolute Gasteiger partial charge is 0.270 e. The number of benzene rings is 1. The van der Waals surface area contributed by atoms with Crippen LogP contribution in [0.2, 0.25) is 0 Å². The summed E-state index contributed by atoms with van der Waals surface area (Å²) in [5, 5.41) is 2.89. The van der Waals surface area contributed by atoms with E-state index < -0.39 is 5.92 Å². The molecule has 1 atom stereocenters. The first kappa shape index (κ1) is 18.6. The highest BCUT2D eigenvalue weighted by atomic mass is 19.3. The van der Waals surface area contributed by atoms with Crippen LogP contribution in [-0.4, -0.2) is 16.9 Å². The zero-order valence-corrected chi connectivity index (χ0v) is 15.6. The Bertz CT molecular complexity index is 983. The molecule has 0 spiro atoms. The van der Waals surface area contributed by atoms with Gasteiger partial charge in [-0.1, -0.05) is 36.4 Å². The van der Waals surface area contributed by atoms with E-state index in [0.717, 1.165) is 30.9 Å². The highest BCUT2D eigenvalue weighted by Gasteiger charge is 2.27. The maximum Gasteiger partial charge on any atom is 0.270 e. The summed E-state index contributed by atoms with van der Waals surface area (Å²) in [4.78, 5) is 27.0. The summed E-state index contributed by atoms with van der Waals surface area (Å²) in [6.45, 7) is 0.862. The number of amides is 1. The molecule has 2 aromatic rings. The van der Waals surface area contributed by atoms with Crippen molar-refractivity contribution >= 4 is 11.5 Å². The minimum absolute atomic E-state index is 0.0147. The van der Waals surface area contributed by atoms with Crippen LogP contribution in [0.3, 0.4) is 0 Å². The second-order valence-corrected chi connectivity index (χ2v) is 7.69. The van der Waals surface area contributed by atoms with Crippen LogP contribution in [-0.2, 0) is 10.7 Å². The lowest BCUT2D eigenvalue weighted by Gasteiger charge is -2.15. The van der Waals surface area contributed by atoms with Crippen LogP contribution >= 0.6 is 0 Å². The van der Waals surface area contributed by atoms with Gasteiger partial charge in [-0.3, -0.25) is 9.59 Å². The van der Waals surface area contributed by atoms with Crippen molar-refractivity contribution < 1.29 is 13.6 Å². The molecule has 28 heavy (non-hydrogen) atoms. The first-order valence-electron chi connectivity index (χ1n) is 9.55. The summed E-state index contributed by atoms with van der Waals surface area (Å²) in [6, 6.07) is 9.61. The number of H-pyrrole nitrogens is 1. The van der Waals surface area contributed by atoms with E-state index in [4.69, 9.17) is 0 Å². The van der Waals surface area contributed by atoms with Crippen molar-refractivity contribution in [2.24, 2.45) is 0 Å². The van der Waals surface area contributed by atoms with Crippen LogP contribution in [0.5, 0.6) is 0 Å². The van der Waals surface area contributed by atoms with E-state index in [1.54, 1.807) is 12.1 Å². The maximum absolute atomic E-state index is 13.6. The normalized spacial score (nSPS) is 20.3. The van der Waals surface area contributed by atoms with Gasteiger partial charge in [0.05, 0.1) is 0 Å². The molecule has 2 N–H and O–H groups in total. The van der Waals surface area contributed by atoms with Gasteiger partial charge in [0.2, 0.25) is 5.91 Å². The molecule has 4 rings (SSSR count). The van der Waals surface area contributed by atoms with Gasteiger partial charge in [-0.2, -0.15) is 0 Å². The van der Waals surface area contributed by atoms with Crippen molar-refractivity contribution in [1.82, 2.24) is 10.3 Å². The standard InChI is InChI=1S/C22H22F2N2O2/c1-22(23,24)15-6-4-14(5-7-15)18(12-16-8-11-20(27)25-16)19-10-9-17(13-2-3-13)21(28)26-19/h4-7,9-10,12-13,16H,2-3,8,11H2,1H3,(H,25,27)(H,26,28)/b18-12+. The summed E-state index contributed by atoms with van der Waals surface area (Å²) in [5.74, 6) is -2.59. The molecule has 1 saturated carbocycles. The Labute approximate surface area is 161 Å². The number of carbonyl (C=O) groups excluding carboxylic acids is 1. The van der Waals surface area contributed by atoms with Gasteiger partial charge in [0, 0.05) is 41.8 Å². The molecule has 0 bridgehead atoms. The Hall–Kier alpha value is -2.76. The van der Waals surface area contributed by atoms with Crippen LogP contribution in [0.15, 0.2) is 47.3 Å². The zero-order chi connectivity index (χ0) is 19.9. The highest BCUT2D eigenvalue weighted by Crippen LogP contribution is 2.38. The Kier molecular flexibility index (Phi) is 4.65. The fourth-order valence-corrected chi connectivity index (χ4v) is 3.61. The summed E-state index contributed by atoms with van der Waals surface area (Å²) in [5.41, 5.74) is 2.66. The average Bonchev–Trinajstić information content (AvgIpc) is 3.40. The number of pyridine rings is 1. The zero-order valence-electron chi connectivity index (χ0n) is 15.6. The van der Waals surface area contributed by atoms with E-state index in [0.29, 0.717) is 30.0 Å². The summed E-state index contributed by atoms with van der Waals surface area (Å²) < 4.78 is 27.1. The molecule has 1 aromatic heterocycles. The molecule has 4 nitrogen and oxygen atoms in total. The first-order valence-corrected chi connectivity index (χ1v) is 9.55. The average molecular weight is 384 g/mol. The third kappa shape index (κ3) is 3.91. The molecule has 146 valence electrons. The lowest BCUT2D eigenvalue weighted by molar-refractivity contribution is -0.119. The van der Waals surface area contributed by atoms with Crippen molar-refractivity contribution in [3.8, 4) is 0 Å². The molecule has 1 unspecified atom stereocenters. The van der Waals surface area contributed by atoms with E-state index in [-0.39, 0.29) is 23.1 Å². The molecule has 1 aromatic carbocycles. The van der Waals surface area contributed by atoms with E-state index >= 15 is 0 Å². The Morgan fingerprint density at radius 3 is 2.32 bits per heavy atom. The summed E-state index contributed by atoms with van der Waals surface area (Å²) >= 11 is 0. The van der Waals surface area contributed by atoms with E-state index in [1.165, 1.54) is 12.1 Å². The van der Waals surface area contributed by atoms with Gasteiger partial charge in [0.25, 0.3) is 11.5 Å².